The van der Waals surface area contributed by atoms with Gasteiger partial charge in [-0.1, -0.05) is 30.3 Å². The van der Waals surface area contributed by atoms with Crippen molar-refractivity contribution in [1.29, 1.82) is 0 Å². The molecule has 2 saturated heterocycles. The molecule has 1 N–H and O–H groups in total. The highest BCUT2D eigenvalue weighted by Crippen LogP contribution is 2.35. The zero-order valence-electron chi connectivity index (χ0n) is 11.7. The van der Waals surface area contributed by atoms with E-state index in [9.17, 15) is 9.90 Å². The Labute approximate surface area is 119 Å². The van der Waals surface area contributed by atoms with Gasteiger partial charge in [0.2, 0.25) is 0 Å². The molecule has 2 aliphatic heterocycles. The first-order valence-electron chi connectivity index (χ1n) is 7.27. The number of rotatable bonds is 3. The molecule has 3 rings (SSSR count). The van der Waals surface area contributed by atoms with E-state index >= 15 is 0 Å². The summed E-state index contributed by atoms with van der Waals surface area (Å²) in [6.45, 7) is 0. The molecule has 2 fully saturated rings. The van der Waals surface area contributed by atoms with Gasteiger partial charge in [-0.3, -0.25) is 9.69 Å². The third kappa shape index (κ3) is 2.72. The van der Waals surface area contributed by atoms with Crippen LogP contribution in [0.5, 0.6) is 0 Å². The van der Waals surface area contributed by atoms with Crippen molar-refractivity contribution in [1.82, 2.24) is 4.90 Å². The number of esters is 1. The van der Waals surface area contributed by atoms with Crippen molar-refractivity contribution in [2.24, 2.45) is 0 Å². The molecule has 3 unspecified atom stereocenters. The summed E-state index contributed by atoms with van der Waals surface area (Å²) >= 11 is 0. The number of aliphatic hydroxyl groups excluding tert-OH is 1. The van der Waals surface area contributed by atoms with Crippen LogP contribution in [0.25, 0.3) is 0 Å². The normalized spacial score (nSPS) is 33.1. The maximum atomic E-state index is 12.0. The molecular formula is C16H21NO3. The van der Waals surface area contributed by atoms with Gasteiger partial charge in [-0.2, -0.15) is 0 Å². The molecule has 0 saturated carbocycles. The Kier molecular flexibility index (Phi) is 3.76. The number of carbonyl (C=O) groups excluding carboxylic acids is 1. The minimum Gasteiger partial charge on any atom is -0.462 e. The molecule has 108 valence electrons. The van der Waals surface area contributed by atoms with Crippen LogP contribution in [0.15, 0.2) is 30.3 Å². The molecule has 0 amide bonds. The summed E-state index contributed by atoms with van der Waals surface area (Å²) in [5.74, 6) is -0.167. The van der Waals surface area contributed by atoms with Crippen molar-refractivity contribution in [3.05, 3.63) is 35.9 Å². The van der Waals surface area contributed by atoms with Crippen molar-refractivity contribution in [2.45, 2.75) is 50.0 Å². The molecule has 4 nitrogen and oxygen atoms in total. The molecule has 2 aliphatic rings. The van der Waals surface area contributed by atoms with Crippen molar-refractivity contribution < 1.29 is 14.6 Å². The van der Waals surface area contributed by atoms with E-state index < -0.39 is 0 Å². The Balaban J connectivity index is 1.55. The van der Waals surface area contributed by atoms with E-state index in [2.05, 4.69) is 4.90 Å². The minimum absolute atomic E-state index is 0.0467. The quantitative estimate of drug-likeness (QED) is 0.847. The molecular weight excluding hydrogens is 254 g/mol. The first kappa shape index (κ1) is 13.6. The molecule has 0 spiro atoms. The maximum Gasteiger partial charge on any atom is 0.310 e. The maximum absolute atomic E-state index is 12.0. The van der Waals surface area contributed by atoms with Crippen LogP contribution >= 0.6 is 0 Å². The second kappa shape index (κ2) is 5.54. The molecule has 1 aromatic carbocycles. The second-order valence-corrected chi connectivity index (χ2v) is 5.94. The third-order valence-electron chi connectivity index (χ3n) is 4.59. The predicted octanol–water partition coefficient (Wildman–Crippen LogP) is 1.37. The van der Waals surface area contributed by atoms with E-state index in [1.807, 2.05) is 37.4 Å². The highest BCUT2D eigenvalue weighted by Gasteiger charge is 2.45. The zero-order chi connectivity index (χ0) is 14.1. The van der Waals surface area contributed by atoms with Gasteiger partial charge in [0.1, 0.15) is 6.10 Å². The van der Waals surface area contributed by atoms with E-state index in [0.717, 1.165) is 24.8 Å². The highest BCUT2D eigenvalue weighted by atomic mass is 16.5. The number of aliphatic hydroxyl groups is 1. The van der Waals surface area contributed by atoms with Crippen LogP contribution in [0.2, 0.25) is 0 Å². The zero-order valence-corrected chi connectivity index (χ0v) is 11.7. The van der Waals surface area contributed by atoms with Crippen LogP contribution in [-0.4, -0.2) is 47.3 Å². The molecule has 0 aromatic heterocycles. The first-order chi connectivity index (χ1) is 9.63. The van der Waals surface area contributed by atoms with E-state index in [-0.39, 0.29) is 24.2 Å². The average molecular weight is 275 g/mol. The fourth-order valence-corrected chi connectivity index (χ4v) is 3.49. The molecule has 4 atom stereocenters. The number of ether oxygens (including phenoxy) is 1. The van der Waals surface area contributed by atoms with Crippen LogP contribution in [-0.2, 0) is 16.0 Å². The fraction of sp³-hybridized carbons (Fsp3) is 0.562. The topological polar surface area (TPSA) is 49.8 Å². The molecule has 1 aromatic rings. The SMILES string of the molecule is CN1C2CC(OC(=O)Cc3ccccc3)C[C@H]1C(O)C2. The van der Waals surface area contributed by atoms with E-state index in [1.165, 1.54) is 0 Å². The smallest absolute Gasteiger partial charge is 0.310 e. The van der Waals surface area contributed by atoms with Crippen LogP contribution in [0.1, 0.15) is 24.8 Å². The molecule has 0 radical (unpaired) electrons. The minimum atomic E-state index is -0.275. The molecule has 2 bridgehead atoms. The Morgan fingerprint density at radius 1 is 1.30 bits per heavy atom. The van der Waals surface area contributed by atoms with Crippen LogP contribution in [0.3, 0.4) is 0 Å². The van der Waals surface area contributed by atoms with Gasteiger partial charge >= 0.3 is 5.97 Å². The fourth-order valence-electron chi connectivity index (χ4n) is 3.49. The van der Waals surface area contributed by atoms with Gasteiger partial charge in [0.15, 0.2) is 0 Å². The number of likely N-dealkylation sites (N-methyl/N-ethyl adjacent to an activating group) is 1. The summed E-state index contributed by atoms with van der Waals surface area (Å²) in [7, 11) is 2.05. The second-order valence-electron chi connectivity index (χ2n) is 5.94. The van der Waals surface area contributed by atoms with E-state index in [4.69, 9.17) is 4.74 Å². The van der Waals surface area contributed by atoms with Crippen LogP contribution in [0, 0.1) is 0 Å². The lowest BCUT2D eigenvalue weighted by atomic mass is 10.00. The van der Waals surface area contributed by atoms with Gasteiger partial charge in [-0.05, 0) is 19.0 Å². The van der Waals surface area contributed by atoms with Gasteiger partial charge in [-0.15, -0.1) is 0 Å². The molecule has 4 heteroatoms. The number of fused-ring (bicyclic) bond motifs is 2. The summed E-state index contributed by atoms with van der Waals surface area (Å²) in [6, 6.07) is 10.1. The van der Waals surface area contributed by atoms with Crippen LogP contribution < -0.4 is 0 Å². The summed E-state index contributed by atoms with van der Waals surface area (Å²) in [4.78, 5) is 14.2. The number of hydrogen-bond acceptors (Lipinski definition) is 4. The van der Waals surface area contributed by atoms with Gasteiger partial charge in [0, 0.05) is 24.9 Å². The summed E-state index contributed by atoms with van der Waals surface area (Å²) in [5, 5.41) is 9.97. The number of piperidine rings is 1. The molecule has 2 heterocycles. The van der Waals surface area contributed by atoms with Gasteiger partial charge in [0.25, 0.3) is 0 Å². The molecule has 0 aliphatic carbocycles. The van der Waals surface area contributed by atoms with Crippen molar-refractivity contribution >= 4 is 5.97 Å². The third-order valence-corrected chi connectivity index (χ3v) is 4.59. The lowest BCUT2D eigenvalue weighted by molar-refractivity contribution is -0.151. The van der Waals surface area contributed by atoms with Gasteiger partial charge in [0.05, 0.1) is 12.5 Å². The number of carbonyl (C=O) groups is 1. The lowest BCUT2D eigenvalue weighted by Gasteiger charge is -2.36. The number of benzene rings is 1. The summed E-state index contributed by atoms with van der Waals surface area (Å²) in [6.07, 6.45) is 2.38. The Morgan fingerprint density at radius 3 is 2.75 bits per heavy atom. The lowest BCUT2D eigenvalue weighted by Crippen LogP contribution is -2.45. The van der Waals surface area contributed by atoms with Crippen molar-refractivity contribution in [3.63, 3.8) is 0 Å². The van der Waals surface area contributed by atoms with Crippen molar-refractivity contribution in [2.75, 3.05) is 7.05 Å². The largest absolute Gasteiger partial charge is 0.462 e. The van der Waals surface area contributed by atoms with E-state index in [1.54, 1.807) is 0 Å². The molecule has 20 heavy (non-hydrogen) atoms. The van der Waals surface area contributed by atoms with Gasteiger partial charge < -0.3 is 9.84 Å². The van der Waals surface area contributed by atoms with Crippen molar-refractivity contribution in [3.8, 4) is 0 Å². The summed E-state index contributed by atoms with van der Waals surface area (Å²) < 4.78 is 5.60. The van der Waals surface area contributed by atoms with Crippen LogP contribution in [0.4, 0.5) is 0 Å². The summed E-state index contributed by atoms with van der Waals surface area (Å²) in [5.41, 5.74) is 0.980. The standard InChI is InChI=1S/C16H21NO3/c1-17-12-8-13(10-14(17)15(18)9-12)20-16(19)7-11-5-3-2-4-6-11/h2-6,12-15,18H,7-10H2,1H3/t12?,13?,14-,15?/m0/s1. The Bertz CT molecular complexity index is 476. The highest BCUT2D eigenvalue weighted by molar-refractivity contribution is 5.72. The monoisotopic (exact) mass is 275 g/mol. The average Bonchev–Trinajstić information content (AvgIpc) is 2.59. The number of nitrogens with zero attached hydrogens (tertiary/aromatic N) is 1. The number of hydrogen-bond donors (Lipinski definition) is 1. The van der Waals surface area contributed by atoms with Gasteiger partial charge in [-0.25, -0.2) is 0 Å². The Morgan fingerprint density at radius 2 is 2.05 bits per heavy atom. The Hall–Kier alpha value is -1.39. The van der Waals surface area contributed by atoms with E-state index in [0.29, 0.717) is 12.5 Å². The first-order valence-corrected chi connectivity index (χ1v) is 7.27. The predicted molar refractivity (Wildman–Crippen MR) is 75.2 cm³/mol.